The number of nitrogens with zero attached hydrogens (tertiary/aromatic N) is 2. The molecule has 1 amide bonds. The van der Waals surface area contributed by atoms with Crippen LogP contribution in [0.15, 0.2) is 71.1 Å². The van der Waals surface area contributed by atoms with E-state index in [2.05, 4.69) is 39.4 Å². The van der Waals surface area contributed by atoms with Crippen LogP contribution in [0, 0.1) is 13.8 Å². The number of hydrogen-bond acceptors (Lipinski definition) is 5. The number of benzene rings is 3. The van der Waals surface area contributed by atoms with Crippen LogP contribution in [0.4, 0.5) is 5.69 Å². The molecule has 0 unspecified atom stereocenters. The van der Waals surface area contributed by atoms with Crippen molar-refractivity contribution in [1.82, 2.24) is 9.80 Å². The van der Waals surface area contributed by atoms with E-state index in [4.69, 9.17) is 4.42 Å². The number of aromatic hydroxyl groups is 1. The number of carbonyl (C=O) groups is 1. The van der Waals surface area contributed by atoms with Crippen LogP contribution in [0.25, 0.3) is 11.0 Å². The summed E-state index contributed by atoms with van der Waals surface area (Å²) < 4.78 is 5.95. The number of phenolic OH excluding ortho intramolecular Hbond substituents is 1. The quantitative estimate of drug-likeness (QED) is 0.400. The van der Waals surface area contributed by atoms with Gasteiger partial charge in [-0.25, -0.2) is 0 Å². The number of furan rings is 1. The van der Waals surface area contributed by atoms with E-state index < -0.39 is 0 Å². The number of nitrogens with one attached hydrogen (secondary N) is 1. The first-order valence-corrected chi connectivity index (χ1v) is 12.1. The maximum atomic E-state index is 13.3. The molecule has 5 rings (SSSR count). The summed E-state index contributed by atoms with van der Waals surface area (Å²) in [4.78, 5) is 18.1. The highest BCUT2D eigenvalue weighted by Gasteiger charge is 2.25. The normalized spacial score (nSPS) is 14.9. The number of fused-ring (bicyclic) bond motifs is 1. The lowest BCUT2D eigenvalue weighted by molar-refractivity contribution is 0.102. The molecule has 1 aromatic heterocycles. The smallest absolute Gasteiger partial charge is 0.259 e. The summed E-state index contributed by atoms with van der Waals surface area (Å²) in [5, 5.41) is 14.5. The molecule has 180 valence electrons. The van der Waals surface area contributed by atoms with Crippen molar-refractivity contribution >= 4 is 22.6 Å². The highest BCUT2D eigenvalue weighted by Crippen LogP contribution is 2.35. The first-order chi connectivity index (χ1) is 17.0. The van der Waals surface area contributed by atoms with E-state index in [9.17, 15) is 9.90 Å². The highest BCUT2D eigenvalue weighted by atomic mass is 16.3. The third-order valence-corrected chi connectivity index (χ3v) is 6.75. The van der Waals surface area contributed by atoms with Gasteiger partial charge in [0.05, 0.1) is 5.56 Å². The minimum atomic E-state index is -0.232. The lowest BCUT2D eigenvalue weighted by Crippen LogP contribution is -2.45. The Morgan fingerprint density at radius 2 is 1.54 bits per heavy atom. The largest absolute Gasteiger partial charge is 0.508 e. The molecule has 1 aliphatic heterocycles. The lowest BCUT2D eigenvalue weighted by Gasteiger charge is -2.35. The Labute approximate surface area is 205 Å². The van der Waals surface area contributed by atoms with E-state index in [0.717, 1.165) is 49.5 Å². The molecular formula is C29H31N3O3. The second-order valence-electron chi connectivity index (χ2n) is 9.33. The van der Waals surface area contributed by atoms with Gasteiger partial charge in [-0.15, -0.1) is 0 Å². The topological polar surface area (TPSA) is 68.9 Å². The predicted molar refractivity (Wildman–Crippen MR) is 139 cm³/mol. The van der Waals surface area contributed by atoms with Crippen molar-refractivity contribution in [2.75, 3.05) is 31.5 Å². The molecule has 35 heavy (non-hydrogen) atoms. The number of piperazine rings is 1. The van der Waals surface area contributed by atoms with Crippen LogP contribution in [0.5, 0.6) is 5.75 Å². The third kappa shape index (κ3) is 5.09. The fourth-order valence-electron chi connectivity index (χ4n) is 4.80. The first kappa shape index (κ1) is 23.1. The van der Waals surface area contributed by atoms with Gasteiger partial charge >= 0.3 is 0 Å². The third-order valence-electron chi connectivity index (χ3n) is 6.75. The van der Waals surface area contributed by atoms with Crippen LogP contribution in [0.3, 0.4) is 0 Å². The Balaban J connectivity index is 1.35. The molecule has 0 bridgehead atoms. The Kier molecular flexibility index (Phi) is 6.57. The van der Waals surface area contributed by atoms with Gasteiger partial charge in [-0.2, -0.15) is 0 Å². The Morgan fingerprint density at radius 3 is 2.23 bits per heavy atom. The van der Waals surface area contributed by atoms with Gasteiger partial charge in [0.25, 0.3) is 5.91 Å². The predicted octanol–water partition coefficient (Wildman–Crippen LogP) is 5.33. The number of phenols is 1. The second kappa shape index (κ2) is 9.94. The van der Waals surface area contributed by atoms with Crippen LogP contribution < -0.4 is 5.32 Å². The molecule has 1 saturated heterocycles. The van der Waals surface area contributed by atoms with E-state index in [1.165, 1.54) is 5.56 Å². The van der Waals surface area contributed by atoms with E-state index in [1.807, 2.05) is 37.3 Å². The van der Waals surface area contributed by atoms with Crippen molar-refractivity contribution in [3.63, 3.8) is 0 Å². The highest BCUT2D eigenvalue weighted by molar-refractivity contribution is 6.14. The Hall–Kier alpha value is -3.61. The summed E-state index contributed by atoms with van der Waals surface area (Å²) in [6.45, 7) is 9.01. The molecule has 4 aromatic rings. The molecular weight excluding hydrogens is 438 g/mol. The molecule has 0 spiro atoms. The molecule has 0 radical (unpaired) electrons. The summed E-state index contributed by atoms with van der Waals surface area (Å²) in [6.07, 6.45) is 0. The Bertz CT molecular complexity index is 1320. The lowest BCUT2D eigenvalue weighted by atomic mass is 10.0. The SMILES string of the molecule is Cc1ccc(NC(=O)c2c(C)oc3ccc(O)c(CN4CCN(Cc5ccccc5)CC4)c23)cc1. The van der Waals surface area contributed by atoms with Crippen molar-refractivity contribution in [2.24, 2.45) is 0 Å². The number of hydrogen-bond donors (Lipinski definition) is 2. The van der Waals surface area contributed by atoms with Crippen LogP contribution in [0.1, 0.15) is 32.8 Å². The zero-order chi connectivity index (χ0) is 24.4. The molecule has 2 N–H and O–H groups in total. The number of carbonyl (C=O) groups excluding carboxylic acids is 1. The summed E-state index contributed by atoms with van der Waals surface area (Å²) in [5.74, 6) is 0.503. The average Bonchev–Trinajstić information content (AvgIpc) is 3.20. The second-order valence-corrected chi connectivity index (χ2v) is 9.33. The Morgan fingerprint density at radius 1 is 0.886 bits per heavy atom. The molecule has 1 aliphatic rings. The van der Waals surface area contributed by atoms with Crippen molar-refractivity contribution in [3.8, 4) is 5.75 Å². The molecule has 0 saturated carbocycles. The van der Waals surface area contributed by atoms with Crippen LogP contribution >= 0.6 is 0 Å². The van der Waals surface area contributed by atoms with Crippen molar-refractivity contribution < 1.29 is 14.3 Å². The number of aryl methyl sites for hydroxylation is 2. The fourth-order valence-corrected chi connectivity index (χ4v) is 4.80. The first-order valence-electron chi connectivity index (χ1n) is 12.1. The molecule has 1 fully saturated rings. The van der Waals surface area contributed by atoms with Crippen molar-refractivity contribution in [1.29, 1.82) is 0 Å². The monoisotopic (exact) mass is 469 g/mol. The zero-order valence-corrected chi connectivity index (χ0v) is 20.3. The number of amides is 1. The zero-order valence-electron chi connectivity index (χ0n) is 20.3. The fraction of sp³-hybridized carbons (Fsp3) is 0.276. The summed E-state index contributed by atoms with van der Waals surface area (Å²) in [6, 6.07) is 21.6. The van der Waals surface area contributed by atoms with Crippen LogP contribution in [0.2, 0.25) is 0 Å². The van der Waals surface area contributed by atoms with Crippen LogP contribution in [-0.4, -0.2) is 47.0 Å². The summed E-state index contributed by atoms with van der Waals surface area (Å²) in [5.41, 5.74) is 5.02. The average molecular weight is 470 g/mol. The maximum absolute atomic E-state index is 13.3. The van der Waals surface area contributed by atoms with E-state index in [1.54, 1.807) is 19.1 Å². The van der Waals surface area contributed by atoms with Crippen molar-refractivity contribution in [2.45, 2.75) is 26.9 Å². The minimum Gasteiger partial charge on any atom is -0.508 e. The van der Waals surface area contributed by atoms with Gasteiger partial charge in [0.2, 0.25) is 0 Å². The molecule has 3 aromatic carbocycles. The molecule has 6 nitrogen and oxygen atoms in total. The van der Waals surface area contributed by atoms with Gasteiger partial charge in [-0.3, -0.25) is 14.6 Å². The van der Waals surface area contributed by atoms with Gasteiger partial charge < -0.3 is 14.8 Å². The number of anilines is 1. The van der Waals surface area contributed by atoms with Gasteiger partial charge in [-0.1, -0.05) is 48.0 Å². The van der Waals surface area contributed by atoms with E-state index >= 15 is 0 Å². The van der Waals surface area contributed by atoms with Gasteiger partial charge in [0, 0.05) is 55.9 Å². The molecule has 0 atom stereocenters. The van der Waals surface area contributed by atoms with Crippen LogP contribution in [-0.2, 0) is 13.1 Å². The molecule has 0 aliphatic carbocycles. The van der Waals surface area contributed by atoms with Gasteiger partial charge in [-0.05, 0) is 43.7 Å². The molecule has 2 heterocycles. The van der Waals surface area contributed by atoms with Crippen molar-refractivity contribution in [3.05, 3.63) is 94.7 Å². The summed E-state index contributed by atoms with van der Waals surface area (Å²) >= 11 is 0. The maximum Gasteiger partial charge on any atom is 0.259 e. The van der Waals surface area contributed by atoms with Gasteiger partial charge in [0.15, 0.2) is 0 Å². The molecule has 6 heteroatoms. The van der Waals surface area contributed by atoms with Gasteiger partial charge in [0.1, 0.15) is 17.1 Å². The minimum absolute atomic E-state index is 0.189. The standard InChI is InChI=1S/C29H31N3O3/c1-20-8-10-23(11-9-20)30-29(34)27-21(2)35-26-13-12-25(33)24(28(26)27)19-32-16-14-31(15-17-32)18-22-6-4-3-5-7-22/h3-13,33H,14-19H2,1-2H3,(H,30,34). The number of rotatable bonds is 6. The van der Waals surface area contributed by atoms with E-state index in [0.29, 0.717) is 28.8 Å². The summed E-state index contributed by atoms with van der Waals surface area (Å²) in [7, 11) is 0. The van der Waals surface area contributed by atoms with E-state index in [-0.39, 0.29) is 11.7 Å².